The second-order valence-corrected chi connectivity index (χ2v) is 3.83. The molecule has 0 aliphatic carbocycles. The summed E-state index contributed by atoms with van der Waals surface area (Å²) in [6.45, 7) is 7.11. The molecule has 0 bridgehead atoms. The molecule has 0 aromatic rings. The van der Waals surface area contributed by atoms with Gasteiger partial charge in [-0.05, 0) is 31.6 Å². The van der Waals surface area contributed by atoms with E-state index in [9.17, 15) is 4.79 Å². The van der Waals surface area contributed by atoms with E-state index in [2.05, 4.69) is 31.0 Å². The second kappa shape index (κ2) is 8.62. The average molecular weight is 195 g/mol. The van der Waals surface area contributed by atoms with E-state index in [1.807, 2.05) is 6.92 Å². The summed E-state index contributed by atoms with van der Waals surface area (Å²) in [6, 6.07) is 0. The molecule has 0 rings (SSSR count). The number of carbonyl (C=O) groups excluding carboxylic acids is 1. The van der Waals surface area contributed by atoms with Gasteiger partial charge in [-0.2, -0.15) is 0 Å². The average Bonchev–Trinajstić information content (AvgIpc) is 2.15. The maximum absolute atomic E-state index is 10.1. The minimum Gasteiger partial charge on any atom is -0.359 e. The highest BCUT2D eigenvalue weighted by atomic mass is 16.1. The van der Waals surface area contributed by atoms with Crippen molar-refractivity contribution < 1.29 is 4.79 Å². The van der Waals surface area contributed by atoms with Gasteiger partial charge in [0.25, 0.3) is 0 Å². The number of hydrogen-bond donors (Lipinski definition) is 1. The summed E-state index contributed by atoms with van der Waals surface area (Å²) in [4.78, 5) is 10.1. The molecule has 0 heterocycles. The van der Waals surface area contributed by atoms with E-state index in [1.54, 1.807) is 0 Å². The van der Waals surface area contributed by atoms with Gasteiger partial charge in [0, 0.05) is 13.0 Å². The smallest absolute Gasteiger partial charge is 0.207 e. The van der Waals surface area contributed by atoms with Crippen LogP contribution in [0, 0.1) is 23.7 Å². The molecule has 0 saturated carbocycles. The van der Waals surface area contributed by atoms with E-state index in [4.69, 9.17) is 0 Å². The van der Waals surface area contributed by atoms with Crippen molar-refractivity contribution in [3.8, 4) is 11.8 Å². The number of carbonyl (C=O) groups is 1. The molecule has 2 heteroatoms. The Morgan fingerprint density at radius 2 is 2.07 bits per heavy atom. The Hall–Kier alpha value is -0.970. The van der Waals surface area contributed by atoms with Crippen molar-refractivity contribution in [3.05, 3.63) is 0 Å². The Morgan fingerprint density at radius 1 is 1.36 bits per heavy atom. The van der Waals surface area contributed by atoms with Crippen LogP contribution in [0.1, 0.15) is 40.0 Å². The molecule has 1 unspecified atom stereocenters. The molecular formula is C12H21NO. The molecule has 0 spiro atoms. The van der Waals surface area contributed by atoms with Crippen molar-refractivity contribution in [1.29, 1.82) is 0 Å². The van der Waals surface area contributed by atoms with Gasteiger partial charge in [-0.15, -0.1) is 11.8 Å². The highest BCUT2D eigenvalue weighted by Crippen LogP contribution is 2.19. The first-order valence-electron chi connectivity index (χ1n) is 5.29. The first-order valence-corrected chi connectivity index (χ1v) is 5.29. The molecule has 0 aromatic heterocycles. The second-order valence-electron chi connectivity index (χ2n) is 3.83. The summed E-state index contributed by atoms with van der Waals surface area (Å²) in [5.41, 5.74) is 0. The Balaban J connectivity index is 3.75. The van der Waals surface area contributed by atoms with Crippen LogP contribution in [-0.4, -0.2) is 13.0 Å². The van der Waals surface area contributed by atoms with Crippen LogP contribution in [0.2, 0.25) is 0 Å². The zero-order valence-electron chi connectivity index (χ0n) is 9.47. The van der Waals surface area contributed by atoms with E-state index >= 15 is 0 Å². The van der Waals surface area contributed by atoms with Gasteiger partial charge in [0.05, 0.1) is 0 Å². The molecule has 0 radical (unpaired) electrons. The lowest BCUT2D eigenvalue weighted by Gasteiger charge is -2.19. The Morgan fingerprint density at radius 3 is 2.57 bits per heavy atom. The molecule has 0 saturated heterocycles. The molecule has 0 aliphatic rings. The van der Waals surface area contributed by atoms with E-state index in [-0.39, 0.29) is 0 Å². The summed E-state index contributed by atoms with van der Waals surface area (Å²) < 4.78 is 0. The zero-order valence-corrected chi connectivity index (χ0v) is 9.47. The highest BCUT2D eigenvalue weighted by molar-refractivity contribution is 5.45. The van der Waals surface area contributed by atoms with Crippen LogP contribution in [0.25, 0.3) is 0 Å². The maximum Gasteiger partial charge on any atom is 0.207 e. The fourth-order valence-electron chi connectivity index (χ4n) is 1.52. The topological polar surface area (TPSA) is 29.1 Å². The lowest BCUT2D eigenvalue weighted by atomic mass is 9.88. The normalized spacial score (nSPS) is 11.7. The number of nitrogens with one attached hydrogen (secondary N) is 1. The largest absolute Gasteiger partial charge is 0.359 e. The van der Waals surface area contributed by atoms with Gasteiger partial charge < -0.3 is 5.32 Å². The summed E-state index contributed by atoms with van der Waals surface area (Å²) >= 11 is 0. The van der Waals surface area contributed by atoms with Crippen LogP contribution in [0.5, 0.6) is 0 Å². The van der Waals surface area contributed by atoms with E-state index in [0.717, 1.165) is 32.2 Å². The van der Waals surface area contributed by atoms with E-state index in [0.29, 0.717) is 11.8 Å². The summed E-state index contributed by atoms with van der Waals surface area (Å²) in [6.07, 6.45) is 3.94. The molecule has 0 fully saturated rings. The SMILES string of the molecule is CC#CCCC(CCNC=O)C(C)C. The maximum atomic E-state index is 10.1. The zero-order chi connectivity index (χ0) is 10.8. The van der Waals surface area contributed by atoms with Gasteiger partial charge in [-0.3, -0.25) is 4.79 Å². The molecule has 1 N–H and O–H groups in total. The molecular weight excluding hydrogens is 174 g/mol. The number of hydrogen-bond acceptors (Lipinski definition) is 1. The highest BCUT2D eigenvalue weighted by Gasteiger charge is 2.11. The first-order chi connectivity index (χ1) is 6.72. The van der Waals surface area contributed by atoms with Gasteiger partial charge in [0.1, 0.15) is 0 Å². The van der Waals surface area contributed by atoms with Crippen molar-refractivity contribution in [3.63, 3.8) is 0 Å². The van der Waals surface area contributed by atoms with Crippen molar-refractivity contribution in [2.24, 2.45) is 11.8 Å². The minimum atomic E-state index is 0.669. The quantitative estimate of drug-likeness (QED) is 0.376. The Labute approximate surface area is 87.5 Å². The van der Waals surface area contributed by atoms with Crippen LogP contribution >= 0.6 is 0 Å². The predicted octanol–water partition coefficient (Wildman–Crippen LogP) is 2.20. The summed E-state index contributed by atoms with van der Waals surface area (Å²) in [5, 5.41) is 2.71. The van der Waals surface area contributed by atoms with Gasteiger partial charge in [-0.1, -0.05) is 13.8 Å². The van der Waals surface area contributed by atoms with Crippen LogP contribution < -0.4 is 5.32 Å². The third-order valence-corrected chi connectivity index (χ3v) is 2.50. The Kier molecular flexibility index (Phi) is 8.02. The van der Waals surface area contributed by atoms with Crippen molar-refractivity contribution >= 4 is 6.41 Å². The first kappa shape index (κ1) is 13.0. The predicted molar refractivity (Wildman–Crippen MR) is 59.7 cm³/mol. The van der Waals surface area contributed by atoms with E-state index < -0.39 is 0 Å². The number of amides is 1. The van der Waals surface area contributed by atoms with Gasteiger partial charge in [-0.25, -0.2) is 0 Å². The van der Waals surface area contributed by atoms with Crippen molar-refractivity contribution in [2.45, 2.75) is 40.0 Å². The molecule has 1 atom stereocenters. The molecule has 1 amide bonds. The standard InChI is InChI=1S/C12H21NO/c1-4-5-6-7-12(11(2)3)8-9-13-10-14/h10-12H,6-9H2,1-3H3,(H,13,14). The third kappa shape index (κ3) is 6.54. The van der Waals surface area contributed by atoms with Crippen molar-refractivity contribution in [1.82, 2.24) is 5.32 Å². The van der Waals surface area contributed by atoms with Gasteiger partial charge >= 0.3 is 0 Å². The van der Waals surface area contributed by atoms with Crippen LogP contribution in [-0.2, 0) is 4.79 Å². The van der Waals surface area contributed by atoms with Gasteiger partial charge in [0.15, 0.2) is 0 Å². The molecule has 2 nitrogen and oxygen atoms in total. The van der Waals surface area contributed by atoms with Crippen molar-refractivity contribution in [2.75, 3.05) is 6.54 Å². The monoisotopic (exact) mass is 195 g/mol. The Bertz CT molecular complexity index is 200. The number of rotatable bonds is 7. The molecule has 14 heavy (non-hydrogen) atoms. The van der Waals surface area contributed by atoms with Crippen LogP contribution in [0.3, 0.4) is 0 Å². The molecule has 0 aromatic carbocycles. The third-order valence-electron chi connectivity index (χ3n) is 2.50. The van der Waals surface area contributed by atoms with Crippen LogP contribution in [0.4, 0.5) is 0 Å². The van der Waals surface area contributed by atoms with Crippen LogP contribution in [0.15, 0.2) is 0 Å². The lowest BCUT2D eigenvalue weighted by Crippen LogP contribution is -2.19. The fraction of sp³-hybridized carbons (Fsp3) is 0.750. The summed E-state index contributed by atoms with van der Waals surface area (Å²) in [7, 11) is 0. The lowest BCUT2D eigenvalue weighted by molar-refractivity contribution is -0.109. The molecule has 80 valence electrons. The summed E-state index contributed by atoms with van der Waals surface area (Å²) in [5.74, 6) is 7.33. The van der Waals surface area contributed by atoms with E-state index in [1.165, 1.54) is 0 Å². The van der Waals surface area contributed by atoms with Gasteiger partial charge in [0.2, 0.25) is 6.41 Å². The fourth-order valence-corrected chi connectivity index (χ4v) is 1.52. The minimum absolute atomic E-state index is 0.669. The molecule has 0 aliphatic heterocycles.